The van der Waals surface area contributed by atoms with E-state index in [-0.39, 0.29) is 11.8 Å². The van der Waals surface area contributed by atoms with Crippen molar-refractivity contribution in [1.82, 2.24) is 0 Å². The van der Waals surface area contributed by atoms with Crippen molar-refractivity contribution in [3.8, 4) is 0 Å². The lowest BCUT2D eigenvalue weighted by Gasteiger charge is -2.29. The minimum atomic E-state index is -1.02. The van der Waals surface area contributed by atoms with Gasteiger partial charge in [0.15, 0.2) is 0 Å². The van der Waals surface area contributed by atoms with Crippen molar-refractivity contribution in [1.29, 1.82) is 0 Å². The number of aliphatic hydroxyl groups is 3. The van der Waals surface area contributed by atoms with Gasteiger partial charge in [0, 0.05) is 0 Å². The first-order valence-corrected chi connectivity index (χ1v) is 6.72. The van der Waals surface area contributed by atoms with Crippen LogP contribution in [-0.2, 0) is 0 Å². The van der Waals surface area contributed by atoms with Gasteiger partial charge >= 0.3 is 0 Å². The van der Waals surface area contributed by atoms with Crippen LogP contribution in [0.1, 0.15) is 46.0 Å². The highest BCUT2D eigenvalue weighted by atomic mass is 16.4. The summed E-state index contributed by atoms with van der Waals surface area (Å²) in [5.74, 6) is 0.178. The summed E-state index contributed by atoms with van der Waals surface area (Å²) in [6, 6.07) is 0. The van der Waals surface area contributed by atoms with Gasteiger partial charge < -0.3 is 15.3 Å². The number of allylic oxidation sites excluding steroid dienone is 1. The Morgan fingerprint density at radius 2 is 1.76 bits per heavy atom. The highest BCUT2D eigenvalue weighted by Gasteiger charge is 2.39. The van der Waals surface area contributed by atoms with E-state index < -0.39 is 18.3 Å². The van der Waals surface area contributed by atoms with Crippen LogP contribution in [0.2, 0.25) is 0 Å². The molecule has 1 saturated carbocycles. The third-order valence-corrected chi connectivity index (χ3v) is 3.86. The van der Waals surface area contributed by atoms with E-state index in [1.807, 2.05) is 13.8 Å². The molecule has 4 atom stereocenters. The van der Waals surface area contributed by atoms with Crippen molar-refractivity contribution in [3.63, 3.8) is 0 Å². The number of hydrogen-bond acceptors (Lipinski definition) is 3. The molecule has 1 fully saturated rings. The van der Waals surface area contributed by atoms with Crippen molar-refractivity contribution in [3.05, 3.63) is 12.2 Å². The molecule has 0 heterocycles. The van der Waals surface area contributed by atoms with E-state index in [0.29, 0.717) is 0 Å². The molecule has 17 heavy (non-hydrogen) atoms. The SMILES string of the molecule is C=C(CC)CC(CC)C(O)C(O)C(O)C1CC1. The largest absolute Gasteiger partial charge is 0.390 e. The van der Waals surface area contributed by atoms with Crippen molar-refractivity contribution < 1.29 is 15.3 Å². The summed E-state index contributed by atoms with van der Waals surface area (Å²) in [6.07, 6.45) is 1.69. The van der Waals surface area contributed by atoms with Crippen LogP contribution in [0.25, 0.3) is 0 Å². The Kier molecular flexibility index (Phi) is 5.63. The number of aliphatic hydroxyl groups excluding tert-OH is 3. The second-order valence-electron chi connectivity index (χ2n) is 5.29. The molecule has 100 valence electrons. The maximum atomic E-state index is 10.1. The predicted octanol–water partition coefficient (Wildman–Crippen LogP) is 1.86. The molecule has 0 saturated heterocycles. The van der Waals surface area contributed by atoms with Gasteiger partial charge in [-0.25, -0.2) is 0 Å². The van der Waals surface area contributed by atoms with E-state index in [1.54, 1.807) is 0 Å². The fraction of sp³-hybridized carbons (Fsp3) is 0.857. The van der Waals surface area contributed by atoms with Gasteiger partial charge in [0.2, 0.25) is 0 Å². The molecule has 0 aromatic carbocycles. The van der Waals surface area contributed by atoms with Gasteiger partial charge in [-0.05, 0) is 37.5 Å². The van der Waals surface area contributed by atoms with E-state index >= 15 is 0 Å². The van der Waals surface area contributed by atoms with Crippen LogP contribution in [0.5, 0.6) is 0 Å². The molecule has 0 spiro atoms. The normalized spacial score (nSPS) is 22.9. The van der Waals surface area contributed by atoms with Crippen molar-refractivity contribution in [2.24, 2.45) is 11.8 Å². The summed E-state index contributed by atoms with van der Waals surface area (Å²) in [6.45, 7) is 7.97. The smallest absolute Gasteiger partial charge is 0.106 e. The molecule has 0 amide bonds. The summed E-state index contributed by atoms with van der Waals surface area (Å²) in [7, 11) is 0. The van der Waals surface area contributed by atoms with Gasteiger partial charge in [0.1, 0.15) is 6.10 Å². The summed E-state index contributed by atoms with van der Waals surface area (Å²) in [5.41, 5.74) is 1.09. The fourth-order valence-corrected chi connectivity index (χ4v) is 2.22. The van der Waals surface area contributed by atoms with Crippen molar-refractivity contribution >= 4 is 0 Å². The minimum Gasteiger partial charge on any atom is -0.390 e. The van der Waals surface area contributed by atoms with Crippen LogP contribution in [0.15, 0.2) is 12.2 Å². The molecular formula is C14H26O3. The first kappa shape index (κ1) is 14.7. The molecule has 4 unspecified atom stereocenters. The molecule has 3 heteroatoms. The molecule has 1 rings (SSSR count). The van der Waals surface area contributed by atoms with Gasteiger partial charge in [-0.2, -0.15) is 0 Å². The third kappa shape index (κ3) is 4.09. The molecule has 3 nitrogen and oxygen atoms in total. The quantitative estimate of drug-likeness (QED) is 0.569. The van der Waals surface area contributed by atoms with Gasteiger partial charge in [0.05, 0.1) is 12.2 Å². The van der Waals surface area contributed by atoms with Crippen molar-refractivity contribution in [2.45, 2.75) is 64.3 Å². The first-order valence-electron chi connectivity index (χ1n) is 6.72. The van der Waals surface area contributed by atoms with E-state index in [2.05, 4.69) is 6.58 Å². The maximum absolute atomic E-state index is 10.1. The maximum Gasteiger partial charge on any atom is 0.106 e. The Morgan fingerprint density at radius 1 is 1.18 bits per heavy atom. The summed E-state index contributed by atoms with van der Waals surface area (Å²) in [5, 5.41) is 29.9. The molecule has 0 aliphatic heterocycles. The lowest BCUT2D eigenvalue weighted by atomic mass is 9.86. The Labute approximate surface area is 104 Å². The van der Waals surface area contributed by atoms with Crippen LogP contribution in [0, 0.1) is 11.8 Å². The Hall–Kier alpha value is -0.380. The second kappa shape index (κ2) is 6.53. The zero-order valence-corrected chi connectivity index (χ0v) is 11.0. The molecule has 0 aromatic heterocycles. The molecule has 0 bridgehead atoms. The average molecular weight is 242 g/mol. The van der Waals surface area contributed by atoms with Crippen LogP contribution in [-0.4, -0.2) is 33.6 Å². The van der Waals surface area contributed by atoms with Crippen LogP contribution in [0.3, 0.4) is 0 Å². The molecule has 1 aliphatic rings. The fourth-order valence-electron chi connectivity index (χ4n) is 2.22. The lowest BCUT2D eigenvalue weighted by Crippen LogP contribution is -2.42. The van der Waals surface area contributed by atoms with E-state index in [1.165, 1.54) is 0 Å². The van der Waals surface area contributed by atoms with Crippen LogP contribution in [0.4, 0.5) is 0 Å². The molecule has 3 N–H and O–H groups in total. The first-order chi connectivity index (χ1) is 8.01. The monoisotopic (exact) mass is 242 g/mol. The molecular weight excluding hydrogens is 216 g/mol. The zero-order valence-electron chi connectivity index (χ0n) is 11.0. The lowest BCUT2D eigenvalue weighted by molar-refractivity contribution is -0.0880. The number of rotatable bonds is 8. The summed E-state index contributed by atoms with van der Waals surface area (Å²) in [4.78, 5) is 0. The van der Waals surface area contributed by atoms with Gasteiger partial charge in [-0.1, -0.05) is 32.4 Å². The van der Waals surface area contributed by atoms with Crippen LogP contribution >= 0.6 is 0 Å². The third-order valence-electron chi connectivity index (χ3n) is 3.86. The average Bonchev–Trinajstić information content (AvgIpc) is 3.16. The van der Waals surface area contributed by atoms with E-state index in [9.17, 15) is 15.3 Å². The summed E-state index contributed by atoms with van der Waals surface area (Å²) < 4.78 is 0. The Balaban J connectivity index is 2.51. The topological polar surface area (TPSA) is 60.7 Å². The second-order valence-corrected chi connectivity index (χ2v) is 5.29. The Morgan fingerprint density at radius 3 is 2.18 bits per heavy atom. The van der Waals surface area contributed by atoms with Gasteiger partial charge in [0.25, 0.3) is 0 Å². The van der Waals surface area contributed by atoms with E-state index in [0.717, 1.165) is 37.7 Å². The summed E-state index contributed by atoms with van der Waals surface area (Å²) >= 11 is 0. The van der Waals surface area contributed by atoms with Crippen LogP contribution < -0.4 is 0 Å². The molecule has 1 aliphatic carbocycles. The standard InChI is InChI=1S/C14H26O3/c1-4-9(3)8-10(5-2)12(15)14(17)13(16)11-6-7-11/h10-17H,3-8H2,1-2H3. The minimum absolute atomic E-state index is 0.00847. The van der Waals surface area contributed by atoms with Gasteiger partial charge in [-0.15, -0.1) is 0 Å². The zero-order chi connectivity index (χ0) is 13.0. The van der Waals surface area contributed by atoms with Gasteiger partial charge in [-0.3, -0.25) is 0 Å². The van der Waals surface area contributed by atoms with Crippen molar-refractivity contribution in [2.75, 3.05) is 0 Å². The highest BCUT2D eigenvalue weighted by molar-refractivity contribution is 4.98. The highest BCUT2D eigenvalue weighted by Crippen LogP contribution is 2.36. The molecule has 0 aromatic rings. The Bertz CT molecular complexity index is 248. The predicted molar refractivity (Wildman–Crippen MR) is 68.6 cm³/mol. The molecule has 0 radical (unpaired) electrons. The number of hydrogen-bond donors (Lipinski definition) is 3. The van der Waals surface area contributed by atoms with E-state index in [4.69, 9.17) is 0 Å².